The zero-order chi connectivity index (χ0) is 7.40. The minimum absolute atomic E-state index is 0.167. The van der Waals surface area contributed by atoms with Crippen LogP contribution in [-0.2, 0) is 4.74 Å². The molecule has 0 aromatic carbocycles. The first-order chi connectivity index (χ1) is 4.79. The number of ether oxygens (including phenoxy) is 1. The van der Waals surface area contributed by atoms with Crippen molar-refractivity contribution in [2.45, 2.75) is 19.4 Å². The van der Waals surface area contributed by atoms with Crippen molar-refractivity contribution >= 4 is 5.71 Å². The molecular weight excluding hydrogens is 126 g/mol. The Kier molecular flexibility index (Phi) is 2.26. The molecule has 0 bridgehead atoms. The van der Waals surface area contributed by atoms with Crippen molar-refractivity contribution in [2.24, 2.45) is 0 Å². The van der Waals surface area contributed by atoms with E-state index in [-0.39, 0.29) is 6.10 Å². The lowest BCUT2D eigenvalue weighted by molar-refractivity contribution is 0.214. The largest absolute Gasteiger partial charge is 0.494 e. The van der Waals surface area contributed by atoms with Crippen molar-refractivity contribution in [2.75, 3.05) is 0 Å². The van der Waals surface area contributed by atoms with E-state index in [1.54, 1.807) is 19.3 Å². The molecule has 1 unspecified atom stereocenters. The zero-order valence-corrected chi connectivity index (χ0v) is 6.00. The van der Waals surface area contributed by atoms with Crippen LogP contribution in [0.25, 0.3) is 0 Å². The molecule has 0 aromatic heterocycles. The summed E-state index contributed by atoms with van der Waals surface area (Å²) in [6.07, 6.45) is 8.45. The van der Waals surface area contributed by atoms with Crippen molar-refractivity contribution in [3.8, 4) is 0 Å². The minimum Gasteiger partial charge on any atom is -0.494 e. The highest BCUT2D eigenvalue weighted by Gasteiger charge is 2.05. The van der Waals surface area contributed by atoms with Crippen LogP contribution in [0.15, 0.2) is 24.5 Å². The van der Waals surface area contributed by atoms with Crippen molar-refractivity contribution in [3.63, 3.8) is 0 Å². The van der Waals surface area contributed by atoms with Gasteiger partial charge in [-0.25, -0.2) is 0 Å². The highest BCUT2D eigenvalue weighted by molar-refractivity contribution is 5.89. The Balaban J connectivity index is 2.32. The molecule has 0 fully saturated rings. The smallest absolute Gasteiger partial charge is 0.120 e. The first-order valence-corrected chi connectivity index (χ1v) is 3.33. The molecule has 1 heterocycles. The van der Waals surface area contributed by atoms with Crippen LogP contribution in [0.2, 0.25) is 0 Å². The van der Waals surface area contributed by atoms with Crippen LogP contribution >= 0.6 is 0 Å². The summed E-state index contributed by atoms with van der Waals surface area (Å²) in [6, 6.07) is 0. The van der Waals surface area contributed by atoms with E-state index in [1.807, 2.05) is 12.2 Å². The fourth-order valence-electron chi connectivity index (χ4n) is 0.777. The van der Waals surface area contributed by atoms with Gasteiger partial charge in [-0.2, -0.15) is 0 Å². The van der Waals surface area contributed by atoms with E-state index < -0.39 is 0 Å². The molecule has 54 valence electrons. The molecule has 0 radical (unpaired) electrons. The number of nitrogens with one attached hydrogen (secondary N) is 1. The van der Waals surface area contributed by atoms with Gasteiger partial charge in [0.1, 0.15) is 6.10 Å². The van der Waals surface area contributed by atoms with Crippen LogP contribution in [0.1, 0.15) is 13.3 Å². The summed E-state index contributed by atoms with van der Waals surface area (Å²) in [7, 11) is 0. The Morgan fingerprint density at radius 2 is 2.60 bits per heavy atom. The highest BCUT2D eigenvalue weighted by atomic mass is 16.5. The maximum atomic E-state index is 7.10. The second-order valence-corrected chi connectivity index (χ2v) is 2.32. The van der Waals surface area contributed by atoms with Gasteiger partial charge in [0.25, 0.3) is 0 Å². The van der Waals surface area contributed by atoms with E-state index in [0.29, 0.717) is 5.71 Å². The average Bonchev–Trinajstić information content (AvgIpc) is 2.34. The van der Waals surface area contributed by atoms with E-state index in [4.69, 9.17) is 10.1 Å². The zero-order valence-electron chi connectivity index (χ0n) is 6.00. The monoisotopic (exact) mass is 137 g/mol. The molecule has 1 N–H and O–H groups in total. The summed E-state index contributed by atoms with van der Waals surface area (Å²) in [4.78, 5) is 0. The summed E-state index contributed by atoms with van der Waals surface area (Å²) < 4.78 is 5.14. The second-order valence-electron chi connectivity index (χ2n) is 2.32. The summed E-state index contributed by atoms with van der Waals surface area (Å²) >= 11 is 0. The Morgan fingerprint density at radius 3 is 3.10 bits per heavy atom. The summed E-state index contributed by atoms with van der Waals surface area (Å²) in [5.74, 6) is 0. The van der Waals surface area contributed by atoms with Crippen LogP contribution in [0.5, 0.6) is 0 Å². The van der Waals surface area contributed by atoms with Gasteiger partial charge in [-0.1, -0.05) is 0 Å². The Hall–Kier alpha value is -1.05. The quantitative estimate of drug-likeness (QED) is 0.579. The fourth-order valence-corrected chi connectivity index (χ4v) is 0.777. The first kappa shape index (κ1) is 7.06. The van der Waals surface area contributed by atoms with Gasteiger partial charge >= 0.3 is 0 Å². The van der Waals surface area contributed by atoms with E-state index in [1.165, 1.54) is 0 Å². The van der Waals surface area contributed by atoms with Crippen LogP contribution in [0.4, 0.5) is 0 Å². The summed E-state index contributed by atoms with van der Waals surface area (Å²) in [5, 5.41) is 7.10. The predicted octanol–water partition coefficient (Wildman–Crippen LogP) is 1.88. The summed E-state index contributed by atoms with van der Waals surface area (Å²) in [6.45, 7) is 1.75. The van der Waals surface area contributed by atoms with Crippen LogP contribution in [-0.4, -0.2) is 11.8 Å². The third kappa shape index (κ3) is 2.05. The molecule has 2 nitrogen and oxygen atoms in total. The fraction of sp³-hybridized carbons (Fsp3) is 0.375. The van der Waals surface area contributed by atoms with Crippen molar-refractivity contribution < 1.29 is 4.74 Å². The molecular formula is C8H11NO. The minimum atomic E-state index is 0.167. The van der Waals surface area contributed by atoms with E-state index in [9.17, 15) is 0 Å². The third-order valence-corrected chi connectivity index (χ3v) is 1.28. The van der Waals surface area contributed by atoms with Crippen LogP contribution in [0.3, 0.4) is 0 Å². The Labute approximate surface area is 60.7 Å². The van der Waals surface area contributed by atoms with Gasteiger partial charge in [0.15, 0.2) is 0 Å². The molecule has 0 amide bonds. The maximum absolute atomic E-state index is 7.10. The van der Waals surface area contributed by atoms with E-state index in [2.05, 4.69) is 0 Å². The number of rotatable bonds is 2. The third-order valence-electron chi connectivity index (χ3n) is 1.28. The van der Waals surface area contributed by atoms with E-state index >= 15 is 0 Å². The lowest BCUT2D eigenvalue weighted by Gasteiger charge is -2.01. The normalized spacial score (nSPS) is 23.5. The maximum Gasteiger partial charge on any atom is 0.120 e. The summed E-state index contributed by atoms with van der Waals surface area (Å²) in [5.41, 5.74) is 0.565. The van der Waals surface area contributed by atoms with Gasteiger partial charge < -0.3 is 10.1 Å². The van der Waals surface area contributed by atoms with Crippen molar-refractivity contribution in [1.29, 1.82) is 5.41 Å². The lowest BCUT2D eigenvalue weighted by atomic mass is 10.2. The Morgan fingerprint density at radius 1 is 1.80 bits per heavy atom. The van der Waals surface area contributed by atoms with E-state index in [0.717, 1.165) is 6.42 Å². The molecule has 10 heavy (non-hydrogen) atoms. The van der Waals surface area contributed by atoms with Gasteiger partial charge in [0.05, 0.1) is 6.26 Å². The highest BCUT2D eigenvalue weighted by Crippen LogP contribution is 2.09. The van der Waals surface area contributed by atoms with Gasteiger partial charge in [-0.05, 0) is 25.2 Å². The Bertz CT molecular complexity index is 174. The predicted molar refractivity (Wildman–Crippen MR) is 41.2 cm³/mol. The number of hydrogen-bond acceptors (Lipinski definition) is 2. The topological polar surface area (TPSA) is 33.1 Å². The number of allylic oxidation sites excluding steroid dienone is 1. The van der Waals surface area contributed by atoms with Crippen molar-refractivity contribution in [3.05, 3.63) is 24.5 Å². The molecule has 0 aromatic rings. The molecule has 1 aliphatic rings. The average molecular weight is 137 g/mol. The van der Waals surface area contributed by atoms with Gasteiger partial charge in [0, 0.05) is 12.1 Å². The molecule has 0 spiro atoms. The molecule has 1 atom stereocenters. The SMILES string of the molecule is CC(=N)/C=C/C1CC=CO1. The number of hydrogen-bond donors (Lipinski definition) is 1. The van der Waals surface area contributed by atoms with Gasteiger partial charge in [0.2, 0.25) is 0 Å². The molecule has 1 aliphatic heterocycles. The van der Waals surface area contributed by atoms with Gasteiger partial charge in [-0.3, -0.25) is 0 Å². The molecule has 0 saturated carbocycles. The molecule has 0 aliphatic carbocycles. The molecule has 2 heteroatoms. The van der Waals surface area contributed by atoms with Gasteiger partial charge in [-0.15, -0.1) is 0 Å². The molecule has 1 rings (SSSR count). The van der Waals surface area contributed by atoms with Crippen LogP contribution < -0.4 is 0 Å². The standard InChI is InChI=1S/C8H11NO/c1-7(9)4-5-8-3-2-6-10-8/h2,4-6,8-9H,3H2,1H3/b5-4+,9-7?. The molecule has 0 saturated heterocycles. The lowest BCUT2D eigenvalue weighted by Crippen LogP contribution is -1.99. The second kappa shape index (κ2) is 3.20. The van der Waals surface area contributed by atoms with Crippen molar-refractivity contribution in [1.82, 2.24) is 0 Å². The first-order valence-electron chi connectivity index (χ1n) is 3.33. The van der Waals surface area contributed by atoms with Crippen LogP contribution in [0, 0.1) is 5.41 Å².